The number of amides is 2. The monoisotopic (exact) mass is 385 g/mol. The Kier molecular flexibility index (Phi) is 6.24. The van der Waals surface area contributed by atoms with E-state index >= 15 is 0 Å². The second kappa shape index (κ2) is 8.81. The Morgan fingerprint density at radius 1 is 1.26 bits per heavy atom. The molecule has 1 aliphatic heterocycles. The highest BCUT2D eigenvalue weighted by atomic mass is 32.2. The smallest absolute Gasteiger partial charge is 0.246 e. The summed E-state index contributed by atoms with van der Waals surface area (Å²) in [7, 11) is 1.64. The maximum absolute atomic E-state index is 12.8. The van der Waals surface area contributed by atoms with Crippen molar-refractivity contribution in [1.29, 1.82) is 0 Å². The van der Waals surface area contributed by atoms with Crippen molar-refractivity contribution >= 4 is 35.0 Å². The summed E-state index contributed by atoms with van der Waals surface area (Å²) in [6.45, 7) is 0.886. The fourth-order valence-electron chi connectivity index (χ4n) is 3.11. The zero-order chi connectivity index (χ0) is 19.2. The molecule has 0 bridgehead atoms. The lowest BCUT2D eigenvalue weighted by molar-refractivity contribution is -0.117. The van der Waals surface area contributed by atoms with E-state index in [0.29, 0.717) is 6.54 Å². The van der Waals surface area contributed by atoms with E-state index in [4.69, 9.17) is 10.5 Å². The number of carbonyl (C=O) groups excluding carboxylic acids is 2. The number of carbonyl (C=O) groups is 2. The first-order chi connectivity index (χ1) is 13.1. The van der Waals surface area contributed by atoms with Crippen molar-refractivity contribution in [2.45, 2.75) is 17.7 Å². The number of hydrogen-bond donors (Lipinski definition) is 2. The molecule has 3 rings (SSSR count). The minimum absolute atomic E-state index is 0.0100. The van der Waals surface area contributed by atoms with Gasteiger partial charge in [-0.15, -0.1) is 11.8 Å². The number of methoxy groups -OCH3 is 1. The minimum Gasteiger partial charge on any atom is -0.497 e. The number of fused-ring (bicyclic) bond motifs is 1. The number of para-hydroxylation sites is 1. The molecule has 2 aromatic carbocycles. The van der Waals surface area contributed by atoms with Gasteiger partial charge < -0.3 is 20.7 Å². The van der Waals surface area contributed by atoms with E-state index in [1.807, 2.05) is 47.4 Å². The molecule has 2 aromatic rings. The third kappa shape index (κ3) is 4.74. The molecule has 0 fully saturated rings. The number of thioether (sulfide) groups is 1. The van der Waals surface area contributed by atoms with Gasteiger partial charge in [-0.3, -0.25) is 9.59 Å². The van der Waals surface area contributed by atoms with Gasteiger partial charge in [0, 0.05) is 22.8 Å². The van der Waals surface area contributed by atoms with E-state index in [1.54, 1.807) is 7.11 Å². The molecule has 1 aliphatic rings. The number of hydrogen-bond acceptors (Lipinski definition) is 5. The van der Waals surface area contributed by atoms with Crippen molar-refractivity contribution in [2.75, 3.05) is 36.2 Å². The highest BCUT2D eigenvalue weighted by molar-refractivity contribution is 8.00. The van der Waals surface area contributed by atoms with Crippen LogP contribution in [-0.2, 0) is 16.0 Å². The molecule has 0 saturated heterocycles. The maximum atomic E-state index is 12.8. The number of nitrogens with one attached hydrogen (secondary N) is 1. The highest BCUT2D eigenvalue weighted by Gasteiger charge is 2.22. The normalized spacial score (nSPS) is 13.0. The van der Waals surface area contributed by atoms with Gasteiger partial charge in [-0.25, -0.2) is 0 Å². The minimum atomic E-state index is -0.369. The summed E-state index contributed by atoms with van der Waals surface area (Å²) in [5.74, 6) is 0.650. The van der Waals surface area contributed by atoms with E-state index in [0.717, 1.165) is 40.4 Å². The summed E-state index contributed by atoms with van der Waals surface area (Å²) in [5.41, 5.74) is 8.13. The van der Waals surface area contributed by atoms with Crippen LogP contribution in [0.5, 0.6) is 5.75 Å². The van der Waals surface area contributed by atoms with Crippen LogP contribution in [0.2, 0.25) is 0 Å². The van der Waals surface area contributed by atoms with Crippen molar-refractivity contribution in [3.8, 4) is 5.75 Å². The first kappa shape index (κ1) is 19.1. The molecular weight excluding hydrogens is 362 g/mol. The second-order valence-electron chi connectivity index (χ2n) is 6.25. The number of nitrogens with zero attached hydrogens (tertiary/aromatic N) is 1. The third-order valence-corrected chi connectivity index (χ3v) is 5.49. The topological polar surface area (TPSA) is 84.7 Å². The number of nitrogens with two attached hydrogens (primary N) is 1. The number of aryl methyl sites for hydroxylation is 1. The van der Waals surface area contributed by atoms with Gasteiger partial charge in [0.05, 0.1) is 19.4 Å². The van der Waals surface area contributed by atoms with E-state index in [2.05, 4.69) is 5.32 Å². The summed E-state index contributed by atoms with van der Waals surface area (Å²) in [5, 5.41) is 3.20. The molecule has 0 radical (unpaired) electrons. The average molecular weight is 385 g/mol. The van der Waals surface area contributed by atoms with E-state index in [9.17, 15) is 9.59 Å². The number of rotatable bonds is 7. The fraction of sp³-hybridized carbons (Fsp3) is 0.300. The molecule has 6 nitrogen and oxygen atoms in total. The quantitative estimate of drug-likeness (QED) is 0.716. The Morgan fingerprint density at radius 2 is 2.07 bits per heavy atom. The van der Waals surface area contributed by atoms with E-state index in [-0.39, 0.29) is 24.1 Å². The molecule has 7 heteroatoms. The van der Waals surface area contributed by atoms with Crippen molar-refractivity contribution in [3.05, 3.63) is 48.0 Å². The summed E-state index contributed by atoms with van der Waals surface area (Å²) in [4.78, 5) is 26.6. The van der Waals surface area contributed by atoms with Crippen LogP contribution < -0.4 is 20.7 Å². The first-order valence-corrected chi connectivity index (χ1v) is 9.78. The zero-order valence-corrected chi connectivity index (χ0v) is 16.1. The molecule has 0 saturated carbocycles. The lowest BCUT2D eigenvalue weighted by atomic mass is 10.0. The van der Waals surface area contributed by atoms with Crippen LogP contribution in [0.3, 0.4) is 0 Å². The summed E-state index contributed by atoms with van der Waals surface area (Å²) in [6.07, 6.45) is 1.87. The molecule has 0 spiro atoms. The summed E-state index contributed by atoms with van der Waals surface area (Å²) < 4.78 is 5.28. The van der Waals surface area contributed by atoms with Gasteiger partial charge in [-0.1, -0.05) is 12.1 Å². The predicted molar refractivity (Wildman–Crippen MR) is 109 cm³/mol. The largest absolute Gasteiger partial charge is 0.497 e. The number of benzene rings is 2. The Morgan fingerprint density at radius 3 is 2.85 bits per heavy atom. The van der Waals surface area contributed by atoms with Crippen LogP contribution in [-0.4, -0.2) is 37.8 Å². The molecule has 0 aromatic heterocycles. The molecule has 0 unspecified atom stereocenters. The summed E-state index contributed by atoms with van der Waals surface area (Å²) >= 11 is 1.36. The standard InChI is InChI=1S/C20H23N3O3S/c1-26-15-8-9-17-14(11-15)5-4-10-23(17)20(25)12-22-16-6-2-3-7-18(16)27-13-19(21)24/h2-3,6-9,11,22H,4-5,10,12-13H2,1H3,(H2,21,24). The number of anilines is 2. The molecule has 0 aliphatic carbocycles. The van der Waals surface area contributed by atoms with Gasteiger partial charge in [-0.05, 0) is 48.7 Å². The van der Waals surface area contributed by atoms with Crippen LogP contribution in [0.4, 0.5) is 11.4 Å². The number of ether oxygens (including phenoxy) is 1. The van der Waals surface area contributed by atoms with Crippen molar-refractivity contribution in [2.24, 2.45) is 5.73 Å². The fourth-order valence-corrected chi connectivity index (χ4v) is 3.88. The van der Waals surface area contributed by atoms with E-state index < -0.39 is 0 Å². The molecule has 142 valence electrons. The molecule has 0 atom stereocenters. The van der Waals surface area contributed by atoms with Crippen molar-refractivity contribution in [1.82, 2.24) is 0 Å². The lowest BCUT2D eigenvalue weighted by Crippen LogP contribution is -2.39. The van der Waals surface area contributed by atoms with Gasteiger partial charge in [0.25, 0.3) is 0 Å². The van der Waals surface area contributed by atoms with Crippen LogP contribution in [0.15, 0.2) is 47.4 Å². The van der Waals surface area contributed by atoms with E-state index in [1.165, 1.54) is 11.8 Å². The molecular formula is C20H23N3O3S. The lowest BCUT2D eigenvalue weighted by Gasteiger charge is -2.30. The molecule has 1 heterocycles. The van der Waals surface area contributed by atoms with Crippen LogP contribution in [0, 0.1) is 0 Å². The molecule has 27 heavy (non-hydrogen) atoms. The predicted octanol–water partition coefficient (Wildman–Crippen LogP) is 2.66. The zero-order valence-electron chi connectivity index (χ0n) is 15.2. The Balaban J connectivity index is 1.68. The van der Waals surface area contributed by atoms with Crippen LogP contribution >= 0.6 is 11.8 Å². The van der Waals surface area contributed by atoms with Gasteiger partial charge in [0.15, 0.2) is 0 Å². The Labute approximate surface area is 163 Å². The van der Waals surface area contributed by atoms with Gasteiger partial charge in [0.2, 0.25) is 11.8 Å². The summed E-state index contributed by atoms with van der Waals surface area (Å²) in [6, 6.07) is 13.4. The van der Waals surface area contributed by atoms with Crippen molar-refractivity contribution in [3.63, 3.8) is 0 Å². The SMILES string of the molecule is COc1ccc2c(c1)CCCN2C(=O)CNc1ccccc1SCC(N)=O. The van der Waals surface area contributed by atoms with Crippen LogP contribution in [0.25, 0.3) is 0 Å². The van der Waals surface area contributed by atoms with Crippen molar-refractivity contribution < 1.29 is 14.3 Å². The van der Waals surface area contributed by atoms with Gasteiger partial charge in [-0.2, -0.15) is 0 Å². The van der Waals surface area contributed by atoms with Gasteiger partial charge in [0.1, 0.15) is 5.75 Å². The Bertz CT molecular complexity index is 841. The maximum Gasteiger partial charge on any atom is 0.246 e. The number of primary amides is 1. The average Bonchev–Trinajstić information content (AvgIpc) is 2.70. The molecule has 3 N–H and O–H groups in total. The molecule has 2 amide bonds. The van der Waals surface area contributed by atoms with Crippen LogP contribution in [0.1, 0.15) is 12.0 Å². The third-order valence-electron chi connectivity index (χ3n) is 4.39. The first-order valence-electron chi connectivity index (χ1n) is 8.80. The second-order valence-corrected chi connectivity index (χ2v) is 7.27. The van der Waals surface area contributed by atoms with Gasteiger partial charge >= 0.3 is 0 Å². The highest BCUT2D eigenvalue weighted by Crippen LogP contribution is 2.31. The Hall–Kier alpha value is -2.67.